The number of hydrogen-bond donors (Lipinski definition) is 2. The molecule has 0 aliphatic heterocycles. The zero-order chi connectivity index (χ0) is 27.5. The van der Waals surface area contributed by atoms with E-state index in [0.717, 1.165) is 5.56 Å². The van der Waals surface area contributed by atoms with Crippen molar-refractivity contribution in [3.8, 4) is 23.0 Å². The highest BCUT2D eigenvalue weighted by atomic mass is 16.5. The maximum Gasteiger partial charge on any atom is 0.338 e. The second-order valence-electron chi connectivity index (χ2n) is 7.81. The molecule has 0 radical (unpaired) electrons. The molecule has 0 aliphatic rings. The molecule has 0 unspecified atom stereocenters. The fourth-order valence-electron chi connectivity index (χ4n) is 3.37. The Balaban J connectivity index is 1.78. The summed E-state index contributed by atoms with van der Waals surface area (Å²) in [5.41, 5.74) is 7.36. The summed E-state index contributed by atoms with van der Waals surface area (Å²) in [5, 5.41) is 1.95. The molecule has 3 rings (SSSR count). The third-order valence-electron chi connectivity index (χ3n) is 5.13. The highest BCUT2D eigenvalue weighted by molar-refractivity contribution is 6.21. The Labute approximate surface area is 220 Å². The number of urea groups is 1. The van der Waals surface area contributed by atoms with Crippen molar-refractivity contribution in [3.63, 3.8) is 0 Å². The standard InChI is InChI=1S/C29H28N2O7/c1-4-37-28(33)26(17-20-15-24(35-2)18-25(16-20)36-3)21-8-12-23(13-9-21)38-22-10-5-19(6-11-22)7-14-27(32)31-29(30)34/h5-18H,4H2,1-3H3,(H3,30,31,32,34). The monoisotopic (exact) mass is 516 g/mol. The lowest BCUT2D eigenvalue weighted by atomic mass is 10.0. The third kappa shape index (κ3) is 7.99. The zero-order valence-electron chi connectivity index (χ0n) is 21.2. The minimum Gasteiger partial charge on any atom is -0.497 e. The smallest absolute Gasteiger partial charge is 0.338 e. The van der Waals surface area contributed by atoms with Gasteiger partial charge in [-0.3, -0.25) is 10.1 Å². The van der Waals surface area contributed by atoms with Gasteiger partial charge in [-0.2, -0.15) is 0 Å². The number of amides is 3. The number of nitrogens with two attached hydrogens (primary N) is 1. The average Bonchev–Trinajstić information content (AvgIpc) is 2.91. The van der Waals surface area contributed by atoms with Crippen LogP contribution < -0.4 is 25.3 Å². The first-order valence-electron chi connectivity index (χ1n) is 11.6. The number of methoxy groups -OCH3 is 2. The summed E-state index contributed by atoms with van der Waals surface area (Å²) in [6.07, 6.45) is 4.46. The van der Waals surface area contributed by atoms with Gasteiger partial charge in [-0.1, -0.05) is 24.3 Å². The minimum atomic E-state index is -0.917. The molecule has 3 N–H and O–H groups in total. The van der Waals surface area contributed by atoms with Crippen LogP contribution in [0.25, 0.3) is 17.7 Å². The molecule has 0 heterocycles. The molecule has 0 spiro atoms. The third-order valence-corrected chi connectivity index (χ3v) is 5.13. The molecule has 0 bridgehead atoms. The van der Waals surface area contributed by atoms with E-state index >= 15 is 0 Å². The highest BCUT2D eigenvalue weighted by Gasteiger charge is 2.15. The molecule has 0 saturated heterocycles. The van der Waals surface area contributed by atoms with E-state index < -0.39 is 17.9 Å². The predicted octanol–water partition coefficient (Wildman–Crippen LogP) is 4.81. The summed E-state index contributed by atoms with van der Waals surface area (Å²) < 4.78 is 21.8. The van der Waals surface area contributed by atoms with E-state index in [1.807, 2.05) is 5.32 Å². The van der Waals surface area contributed by atoms with E-state index in [1.54, 1.807) is 93.9 Å². The van der Waals surface area contributed by atoms with Gasteiger partial charge in [0.05, 0.1) is 26.4 Å². The van der Waals surface area contributed by atoms with Crippen LogP contribution in [0.2, 0.25) is 0 Å². The quantitative estimate of drug-likeness (QED) is 0.225. The Morgan fingerprint density at radius 3 is 1.92 bits per heavy atom. The lowest BCUT2D eigenvalue weighted by molar-refractivity contribution is -0.136. The van der Waals surface area contributed by atoms with Gasteiger partial charge < -0.3 is 24.7 Å². The number of benzene rings is 3. The Bertz CT molecular complexity index is 1320. The van der Waals surface area contributed by atoms with E-state index in [0.29, 0.717) is 39.7 Å². The van der Waals surface area contributed by atoms with Gasteiger partial charge in [0, 0.05) is 12.1 Å². The van der Waals surface area contributed by atoms with Gasteiger partial charge in [0.15, 0.2) is 0 Å². The van der Waals surface area contributed by atoms with Crippen LogP contribution in [0.15, 0.2) is 72.8 Å². The zero-order valence-corrected chi connectivity index (χ0v) is 21.2. The number of rotatable bonds is 10. The van der Waals surface area contributed by atoms with Crippen LogP contribution in [-0.2, 0) is 14.3 Å². The van der Waals surface area contributed by atoms with Crippen molar-refractivity contribution in [1.29, 1.82) is 0 Å². The minimum absolute atomic E-state index is 0.236. The number of imide groups is 1. The summed E-state index contributed by atoms with van der Waals surface area (Å²) in [4.78, 5) is 35.0. The van der Waals surface area contributed by atoms with Crippen molar-refractivity contribution in [1.82, 2.24) is 5.32 Å². The fourth-order valence-corrected chi connectivity index (χ4v) is 3.37. The first-order chi connectivity index (χ1) is 18.3. The lowest BCUT2D eigenvalue weighted by Gasteiger charge is -2.11. The molecular formula is C29H28N2O7. The average molecular weight is 517 g/mol. The van der Waals surface area contributed by atoms with Crippen LogP contribution in [-0.4, -0.2) is 38.7 Å². The Morgan fingerprint density at radius 2 is 1.39 bits per heavy atom. The molecule has 9 nitrogen and oxygen atoms in total. The molecule has 3 amide bonds. The van der Waals surface area contributed by atoms with Crippen LogP contribution in [0, 0.1) is 0 Å². The van der Waals surface area contributed by atoms with Crippen LogP contribution in [0.4, 0.5) is 4.79 Å². The Hall–Kier alpha value is -5.05. The van der Waals surface area contributed by atoms with E-state index in [-0.39, 0.29) is 6.61 Å². The van der Waals surface area contributed by atoms with Gasteiger partial charge in [0.25, 0.3) is 5.91 Å². The van der Waals surface area contributed by atoms with Crippen molar-refractivity contribution in [2.24, 2.45) is 5.73 Å². The number of hydrogen-bond acceptors (Lipinski definition) is 7. The van der Waals surface area contributed by atoms with Crippen LogP contribution in [0.3, 0.4) is 0 Å². The van der Waals surface area contributed by atoms with E-state index in [9.17, 15) is 14.4 Å². The van der Waals surface area contributed by atoms with Crippen molar-refractivity contribution in [2.45, 2.75) is 6.92 Å². The van der Waals surface area contributed by atoms with Crippen molar-refractivity contribution < 1.29 is 33.3 Å². The van der Waals surface area contributed by atoms with E-state index in [1.165, 1.54) is 12.2 Å². The molecule has 0 atom stereocenters. The summed E-state index contributed by atoms with van der Waals surface area (Å²) in [7, 11) is 3.12. The first-order valence-corrected chi connectivity index (χ1v) is 11.6. The molecule has 3 aromatic rings. The van der Waals surface area contributed by atoms with Gasteiger partial charge in [-0.25, -0.2) is 9.59 Å². The predicted molar refractivity (Wildman–Crippen MR) is 144 cm³/mol. The molecule has 0 saturated carbocycles. The van der Waals surface area contributed by atoms with E-state index in [2.05, 4.69) is 0 Å². The maximum absolute atomic E-state index is 12.8. The Kier molecular flexibility index (Phi) is 9.65. The van der Waals surface area contributed by atoms with E-state index in [4.69, 9.17) is 24.7 Å². The van der Waals surface area contributed by atoms with Gasteiger partial charge in [0.1, 0.15) is 23.0 Å². The molecule has 0 aromatic heterocycles. The summed E-state index contributed by atoms with van der Waals surface area (Å²) in [6, 6.07) is 18.4. The molecule has 3 aromatic carbocycles. The summed E-state index contributed by atoms with van der Waals surface area (Å²) >= 11 is 0. The Morgan fingerprint density at radius 1 is 0.816 bits per heavy atom. The van der Waals surface area contributed by atoms with Crippen molar-refractivity contribution in [2.75, 3.05) is 20.8 Å². The molecule has 0 fully saturated rings. The number of carbonyl (C=O) groups is 3. The van der Waals surface area contributed by atoms with Crippen molar-refractivity contribution in [3.05, 3.63) is 89.5 Å². The van der Waals surface area contributed by atoms with Crippen LogP contribution >= 0.6 is 0 Å². The molecular weight excluding hydrogens is 488 g/mol. The number of ether oxygens (including phenoxy) is 4. The van der Waals surface area contributed by atoms with Gasteiger partial charge in [-0.15, -0.1) is 0 Å². The van der Waals surface area contributed by atoms with Gasteiger partial charge >= 0.3 is 12.0 Å². The fraction of sp³-hybridized carbons (Fsp3) is 0.138. The van der Waals surface area contributed by atoms with Gasteiger partial charge in [-0.05, 0) is 72.2 Å². The highest BCUT2D eigenvalue weighted by Crippen LogP contribution is 2.29. The largest absolute Gasteiger partial charge is 0.497 e. The van der Waals surface area contributed by atoms with Crippen molar-refractivity contribution >= 4 is 35.6 Å². The molecule has 38 heavy (non-hydrogen) atoms. The van der Waals surface area contributed by atoms with Crippen LogP contribution in [0.1, 0.15) is 23.6 Å². The maximum atomic E-state index is 12.8. The second-order valence-corrected chi connectivity index (χ2v) is 7.81. The first kappa shape index (κ1) is 27.5. The molecule has 196 valence electrons. The molecule has 9 heteroatoms. The second kappa shape index (κ2) is 13.3. The number of primary amides is 1. The summed E-state index contributed by atoms with van der Waals surface area (Å²) in [6.45, 7) is 1.98. The summed E-state index contributed by atoms with van der Waals surface area (Å²) in [5.74, 6) is 1.25. The topological polar surface area (TPSA) is 126 Å². The lowest BCUT2D eigenvalue weighted by Crippen LogP contribution is -2.33. The normalized spacial score (nSPS) is 11.1. The molecule has 0 aliphatic carbocycles. The van der Waals surface area contributed by atoms with Gasteiger partial charge in [0.2, 0.25) is 0 Å². The number of nitrogens with one attached hydrogen (secondary N) is 1. The number of carbonyl (C=O) groups excluding carboxylic acids is 3. The SMILES string of the molecule is CCOC(=O)C(=Cc1cc(OC)cc(OC)c1)c1ccc(Oc2ccc(C=CC(=O)NC(N)=O)cc2)cc1. The van der Waals surface area contributed by atoms with Crippen LogP contribution in [0.5, 0.6) is 23.0 Å². The number of esters is 1.